The fraction of sp³-hybridized carbons (Fsp3) is 0.538. The van der Waals surface area contributed by atoms with Gasteiger partial charge in [0.2, 0.25) is 0 Å². The van der Waals surface area contributed by atoms with Gasteiger partial charge in [0.15, 0.2) is 0 Å². The van der Waals surface area contributed by atoms with Crippen LogP contribution in [0.5, 0.6) is 0 Å². The standard InChI is InChI=1S/C13H16BrClN2O2/c1-13(19)3-2-5-17(6-4-13)12(18)10-7-9(14)8-16-11(10)15/h7-8,19H,2-6H2,1H3. The summed E-state index contributed by atoms with van der Waals surface area (Å²) < 4.78 is 0.724. The van der Waals surface area contributed by atoms with Crippen LogP contribution < -0.4 is 0 Å². The van der Waals surface area contributed by atoms with Gasteiger partial charge in [-0.2, -0.15) is 0 Å². The zero-order valence-corrected chi connectivity index (χ0v) is 13.0. The summed E-state index contributed by atoms with van der Waals surface area (Å²) in [6.07, 6.45) is 3.64. The normalized spacial score (nSPS) is 24.1. The third-order valence-electron chi connectivity index (χ3n) is 3.39. The van der Waals surface area contributed by atoms with Gasteiger partial charge in [0.1, 0.15) is 5.15 Å². The van der Waals surface area contributed by atoms with Crippen LogP contribution in [0, 0.1) is 0 Å². The molecule has 0 aromatic carbocycles. The topological polar surface area (TPSA) is 53.4 Å². The van der Waals surface area contributed by atoms with Crippen molar-refractivity contribution in [3.63, 3.8) is 0 Å². The van der Waals surface area contributed by atoms with Crippen molar-refractivity contribution < 1.29 is 9.90 Å². The van der Waals surface area contributed by atoms with Crippen molar-refractivity contribution >= 4 is 33.4 Å². The second kappa shape index (κ2) is 5.77. The van der Waals surface area contributed by atoms with Crippen molar-refractivity contribution in [2.45, 2.75) is 31.8 Å². The molecular weight excluding hydrogens is 332 g/mol. The number of pyridine rings is 1. The fourth-order valence-electron chi connectivity index (χ4n) is 2.21. The first-order chi connectivity index (χ1) is 8.89. The molecule has 1 N–H and O–H groups in total. The molecule has 1 aliphatic heterocycles. The summed E-state index contributed by atoms with van der Waals surface area (Å²) in [5.41, 5.74) is -0.286. The molecule has 1 aromatic rings. The van der Waals surface area contributed by atoms with Crippen LogP contribution >= 0.6 is 27.5 Å². The molecular formula is C13H16BrClN2O2. The Kier molecular flexibility index (Phi) is 4.48. The minimum atomic E-state index is -0.686. The summed E-state index contributed by atoms with van der Waals surface area (Å²) in [6, 6.07) is 1.68. The van der Waals surface area contributed by atoms with E-state index in [9.17, 15) is 9.90 Å². The summed E-state index contributed by atoms with van der Waals surface area (Å²) in [5.74, 6) is -0.128. The number of aromatic nitrogens is 1. The van der Waals surface area contributed by atoms with Gasteiger partial charge in [0, 0.05) is 23.8 Å². The Balaban J connectivity index is 2.17. The quantitative estimate of drug-likeness (QED) is 0.795. The van der Waals surface area contributed by atoms with Crippen LogP contribution in [-0.2, 0) is 0 Å². The van der Waals surface area contributed by atoms with Crippen molar-refractivity contribution in [2.24, 2.45) is 0 Å². The van der Waals surface area contributed by atoms with Gasteiger partial charge in [0.25, 0.3) is 5.91 Å². The van der Waals surface area contributed by atoms with E-state index in [0.717, 1.165) is 10.9 Å². The van der Waals surface area contributed by atoms with Crippen LogP contribution in [-0.4, -0.2) is 39.6 Å². The lowest BCUT2D eigenvalue weighted by atomic mass is 9.98. The molecule has 1 amide bonds. The van der Waals surface area contributed by atoms with E-state index >= 15 is 0 Å². The van der Waals surface area contributed by atoms with Crippen molar-refractivity contribution in [1.29, 1.82) is 0 Å². The lowest BCUT2D eigenvalue weighted by Crippen LogP contribution is -2.33. The highest BCUT2D eigenvalue weighted by Crippen LogP contribution is 2.24. The SMILES string of the molecule is CC1(O)CCCN(C(=O)c2cc(Br)cnc2Cl)CC1. The average molecular weight is 348 g/mol. The van der Waals surface area contributed by atoms with Gasteiger partial charge < -0.3 is 10.0 Å². The zero-order valence-electron chi connectivity index (χ0n) is 10.7. The Morgan fingerprint density at radius 1 is 1.53 bits per heavy atom. The molecule has 1 aliphatic rings. The number of nitrogens with zero attached hydrogens (tertiary/aromatic N) is 2. The summed E-state index contributed by atoms with van der Waals surface area (Å²) in [4.78, 5) is 18.1. The minimum Gasteiger partial charge on any atom is -0.390 e. The Morgan fingerprint density at radius 3 is 3.00 bits per heavy atom. The lowest BCUT2D eigenvalue weighted by molar-refractivity contribution is 0.0438. The first-order valence-electron chi connectivity index (χ1n) is 6.22. The summed E-state index contributed by atoms with van der Waals surface area (Å²) in [5, 5.41) is 10.3. The predicted octanol–water partition coefficient (Wildman–Crippen LogP) is 2.87. The van der Waals surface area contributed by atoms with E-state index in [1.54, 1.807) is 17.2 Å². The van der Waals surface area contributed by atoms with Gasteiger partial charge in [-0.15, -0.1) is 0 Å². The van der Waals surface area contributed by atoms with Gasteiger partial charge in [-0.1, -0.05) is 11.6 Å². The highest BCUT2D eigenvalue weighted by Gasteiger charge is 2.28. The molecule has 2 rings (SSSR count). The molecule has 0 aliphatic carbocycles. The summed E-state index contributed by atoms with van der Waals surface area (Å²) in [7, 11) is 0. The van der Waals surface area contributed by atoms with Gasteiger partial charge in [-0.3, -0.25) is 4.79 Å². The van der Waals surface area contributed by atoms with Crippen LogP contribution in [0.4, 0.5) is 0 Å². The largest absolute Gasteiger partial charge is 0.390 e. The van der Waals surface area contributed by atoms with Crippen LogP contribution in [0.15, 0.2) is 16.7 Å². The summed E-state index contributed by atoms with van der Waals surface area (Å²) >= 11 is 9.27. The van der Waals surface area contributed by atoms with E-state index in [4.69, 9.17) is 11.6 Å². The third-order valence-corrected chi connectivity index (χ3v) is 4.12. The number of carbonyl (C=O) groups excluding carboxylic acids is 1. The first kappa shape index (κ1) is 14.8. The van der Waals surface area contributed by atoms with Crippen molar-refractivity contribution in [3.8, 4) is 0 Å². The van der Waals surface area contributed by atoms with Crippen molar-refractivity contribution in [3.05, 3.63) is 27.5 Å². The number of halogens is 2. The zero-order chi connectivity index (χ0) is 14.0. The number of carbonyl (C=O) groups is 1. The van der Waals surface area contributed by atoms with E-state index in [2.05, 4.69) is 20.9 Å². The molecule has 0 spiro atoms. The number of hydrogen-bond acceptors (Lipinski definition) is 3. The van der Waals surface area contributed by atoms with E-state index in [1.807, 2.05) is 6.92 Å². The second-order valence-corrected chi connectivity index (χ2v) is 6.41. The van der Waals surface area contributed by atoms with E-state index in [-0.39, 0.29) is 11.1 Å². The first-order valence-corrected chi connectivity index (χ1v) is 7.39. The maximum Gasteiger partial charge on any atom is 0.257 e. The van der Waals surface area contributed by atoms with Crippen LogP contribution in [0.1, 0.15) is 36.5 Å². The number of rotatable bonds is 1. The fourth-order valence-corrected chi connectivity index (χ4v) is 2.72. The van der Waals surface area contributed by atoms with Crippen LogP contribution in [0.3, 0.4) is 0 Å². The minimum absolute atomic E-state index is 0.128. The number of aliphatic hydroxyl groups is 1. The summed E-state index contributed by atoms with van der Waals surface area (Å²) in [6.45, 7) is 2.99. The van der Waals surface area contributed by atoms with Gasteiger partial charge in [-0.25, -0.2) is 4.98 Å². The highest BCUT2D eigenvalue weighted by molar-refractivity contribution is 9.10. The maximum absolute atomic E-state index is 12.4. The average Bonchev–Trinajstić information content (AvgIpc) is 2.52. The monoisotopic (exact) mass is 346 g/mol. The smallest absolute Gasteiger partial charge is 0.257 e. The Labute approximate surface area is 125 Å². The molecule has 1 aromatic heterocycles. The molecule has 6 heteroatoms. The molecule has 0 saturated carbocycles. The second-order valence-electron chi connectivity index (χ2n) is 5.13. The third kappa shape index (κ3) is 3.68. The molecule has 0 bridgehead atoms. The molecule has 4 nitrogen and oxygen atoms in total. The van der Waals surface area contributed by atoms with E-state index in [0.29, 0.717) is 31.5 Å². The van der Waals surface area contributed by atoms with Crippen LogP contribution in [0.25, 0.3) is 0 Å². The number of hydrogen-bond donors (Lipinski definition) is 1. The molecule has 1 atom stereocenters. The molecule has 1 unspecified atom stereocenters. The Hall–Kier alpha value is -0.650. The molecule has 1 saturated heterocycles. The lowest BCUT2D eigenvalue weighted by Gasteiger charge is -2.22. The number of likely N-dealkylation sites (tertiary alicyclic amines) is 1. The van der Waals surface area contributed by atoms with Crippen molar-refractivity contribution in [1.82, 2.24) is 9.88 Å². The maximum atomic E-state index is 12.4. The van der Waals surface area contributed by atoms with Crippen molar-refractivity contribution in [2.75, 3.05) is 13.1 Å². The van der Waals surface area contributed by atoms with Crippen LogP contribution in [0.2, 0.25) is 5.15 Å². The molecule has 104 valence electrons. The molecule has 0 radical (unpaired) electrons. The molecule has 1 fully saturated rings. The van der Waals surface area contributed by atoms with Gasteiger partial charge in [0.05, 0.1) is 11.2 Å². The predicted molar refractivity (Wildman–Crippen MR) is 77.3 cm³/mol. The highest BCUT2D eigenvalue weighted by atomic mass is 79.9. The molecule has 19 heavy (non-hydrogen) atoms. The Bertz CT molecular complexity index is 494. The molecule has 2 heterocycles. The number of amides is 1. The van der Waals surface area contributed by atoms with Gasteiger partial charge >= 0.3 is 0 Å². The van der Waals surface area contributed by atoms with Gasteiger partial charge in [-0.05, 0) is 48.2 Å². The van der Waals surface area contributed by atoms with E-state index in [1.165, 1.54) is 0 Å². The van der Waals surface area contributed by atoms with E-state index < -0.39 is 5.60 Å². The Morgan fingerprint density at radius 2 is 2.26 bits per heavy atom.